The number of halogens is 1. The molecule has 0 aliphatic rings. The van der Waals surface area contributed by atoms with Gasteiger partial charge in [-0.2, -0.15) is 0 Å². The molecule has 0 aromatic heterocycles. The maximum absolute atomic E-state index is 12.5. The highest BCUT2D eigenvalue weighted by Gasteiger charge is 2.22. The average molecular weight is 456 g/mol. The molecule has 0 aliphatic heterocycles. The Kier molecular flexibility index (Phi) is 6.84. The van der Waals surface area contributed by atoms with Gasteiger partial charge >= 0.3 is 0 Å². The van der Waals surface area contributed by atoms with E-state index in [9.17, 15) is 28.1 Å². The van der Waals surface area contributed by atoms with E-state index in [-0.39, 0.29) is 39.8 Å². The first-order chi connectivity index (χ1) is 13.9. The topological polar surface area (TPSA) is 179 Å². The Balaban J connectivity index is 2.31. The van der Waals surface area contributed by atoms with Crippen LogP contribution in [-0.4, -0.2) is 38.0 Å². The highest BCUT2D eigenvalue weighted by Crippen LogP contribution is 2.25. The smallest absolute Gasteiger partial charge is 0.276 e. The Hall–Kier alpha value is -3.38. The predicted molar refractivity (Wildman–Crippen MR) is 112 cm³/mol. The Morgan fingerprint density at radius 3 is 2.47 bits per heavy atom. The molecule has 0 heterocycles. The molecule has 11 nitrogen and oxygen atoms in total. The molecular weight excluding hydrogens is 438 g/mol. The van der Waals surface area contributed by atoms with Crippen LogP contribution in [-0.2, 0) is 21.4 Å². The highest BCUT2D eigenvalue weighted by atomic mass is 35.5. The molecule has 5 N–H and O–H groups in total. The highest BCUT2D eigenvalue weighted by molar-refractivity contribution is 7.92. The normalized spacial score (nSPS) is 11.0. The van der Waals surface area contributed by atoms with E-state index in [1.165, 1.54) is 36.4 Å². The Morgan fingerprint density at radius 2 is 1.90 bits per heavy atom. The monoisotopic (exact) mass is 455 g/mol. The largest absolute Gasteiger partial charge is 0.399 e. The van der Waals surface area contributed by atoms with Crippen molar-refractivity contribution < 1.29 is 22.9 Å². The second-order valence-corrected chi connectivity index (χ2v) is 8.61. The third-order valence-electron chi connectivity index (χ3n) is 3.88. The van der Waals surface area contributed by atoms with Crippen LogP contribution in [0.5, 0.6) is 0 Å². The number of carbonyl (C=O) groups excluding carboxylic acids is 2. The Bertz CT molecular complexity index is 1120. The number of hydrogen-bond acceptors (Lipinski definition) is 7. The van der Waals surface area contributed by atoms with Crippen molar-refractivity contribution >= 4 is 50.5 Å². The maximum atomic E-state index is 12.5. The summed E-state index contributed by atoms with van der Waals surface area (Å²) < 4.78 is 24.7. The zero-order chi connectivity index (χ0) is 22.6. The second kappa shape index (κ2) is 8.97. The SMILES string of the molecule is CS(=O)(=O)N(CC(N)=O)c1cc(Cl)cc(C(=O)NCc2ccc(N)cc2[N+](=O)[O-])c1. The van der Waals surface area contributed by atoms with E-state index in [2.05, 4.69) is 5.32 Å². The summed E-state index contributed by atoms with van der Waals surface area (Å²) in [5.74, 6) is -1.57. The van der Waals surface area contributed by atoms with Gasteiger partial charge in [-0.1, -0.05) is 11.6 Å². The molecule has 0 radical (unpaired) electrons. The van der Waals surface area contributed by atoms with Gasteiger partial charge in [0.05, 0.1) is 16.9 Å². The fourth-order valence-corrected chi connectivity index (χ4v) is 3.65. The summed E-state index contributed by atoms with van der Waals surface area (Å²) in [5.41, 5.74) is 10.8. The zero-order valence-corrected chi connectivity index (χ0v) is 17.2. The first kappa shape index (κ1) is 22.9. The number of sulfonamides is 1. The van der Waals surface area contributed by atoms with E-state index in [1.807, 2.05) is 0 Å². The van der Waals surface area contributed by atoms with Gasteiger partial charge in [0.2, 0.25) is 15.9 Å². The van der Waals surface area contributed by atoms with Crippen molar-refractivity contribution in [3.63, 3.8) is 0 Å². The number of nitrogen functional groups attached to an aromatic ring is 1. The number of nitro groups is 1. The molecule has 0 saturated carbocycles. The third-order valence-corrected chi connectivity index (χ3v) is 5.24. The van der Waals surface area contributed by atoms with E-state index in [1.54, 1.807) is 0 Å². The van der Waals surface area contributed by atoms with Crippen molar-refractivity contribution in [3.8, 4) is 0 Å². The number of hydrogen-bond donors (Lipinski definition) is 3. The molecule has 0 saturated heterocycles. The van der Waals surface area contributed by atoms with Gasteiger partial charge in [0.25, 0.3) is 11.6 Å². The first-order valence-electron chi connectivity index (χ1n) is 8.26. The fraction of sp³-hybridized carbons (Fsp3) is 0.176. The van der Waals surface area contributed by atoms with Gasteiger partial charge in [-0.15, -0.1) is 0 Å². The van der Waals surface area contributed by atoms with Crippen LogP contribution in [0.15, 0.2) is 36.4 Å². The van der Waals surface area contributed by atoms with Crippen LogP contribution < -0.4 is 21.1 Å². The molecule has 30 heavy (non-hydrogen) atoms. The van der Waals surface area contributed by atoms with Gasteiger partial charge in [-0.3, -0.25) is 24.0 Å². The lowest BCUT2D eigenvalue weighted by Gasteiger charge is -2.21. The van der Waals surface area contributed by atoms with Crippen molar-refractivity contribution in [1.29, 1.82) is 0 Å². The summed E-state index contributed by atoms with van der Waals surface area (Å²) in [7, 11) is -3.89. The number of nitrogens with one attached hydrogen (secondary N) is 1. The van der Waals surface area contributed by atoms with E-state index in [0.717, 1.165) is 6.26 Å². The number of primary amides is 1. The van der Waals surface area contributed by atoms with Crippen molar-refractivity contribution in [3.05, 3.63) is 62.7 Å². The summed E-state index contributed by atoms with van der Waals surface area (Å²) >= 11 is 6.01. The van der Waals surface area contributed by atoms with Gasteiger partial charge in [0.15, 0.2) is 0 Å². The quantitative estimate of drug-likeness (QED) is 0.301. The standard InChI is InChI=1S/C17H18ClN5O6S/c1-30(28,29)22(9-16(20)24)14-5-11(4-12(18)6-14)17(25)21-8-10-2-3-13(19)7-15(10)23(26)27/h2-7H,8-9,19H2,1H3,(H2,20,24)(H,21,25). The minimum Gasteiger partial charge on any atom is -0.399 e. The lowest BCUT2D eigenvalue weighted by Crippen LogP contribution is -2.38. The number of carbonyl (C=O) groups is 2. The number of nitrogens with two attached hydrogens (primary N) is 2. The van der Waals surface area contributed by atoms with Crippen molar-refractivity contribution in [2.24, 2.45) is 5.73 Å². The van der Waals surface area contributed by atoms with E-state index in [4.69, 9.17) is 23.1 Å². The minimum absolute atomic E-state index is 0.0197. The maximum Gasteiger partial charge on any atom is 0.276 e. The van der Waals surface area contributed by atoms with Crippen LogP contribution in [0.2, 0.25) is 5.02 Å². The average Bonchev–Trinajstić information content (AvgIpc) is 2.63. The van der Waals surface area contributed by atoms with Crippen LogP contribution in [0, 0.1) is 10.1 Å². The molecule has 2 amide bonds. The summed E-state index contributed by atoms with van der Waals surface area (Å²) in [6, 6.07) is 7.79. The van der Waals surface area contributed by atoms with Crippen molar-refractivity contribution in [2.75, 3.05) is 22.8 Å². The number of nitrogens with zero attached hydrogens (tertiary/aromatic N) is 2. The van der Waals surface area contributed by atoms with Gasteiger partial charge < -0.3 is 16.8 Å². The van der Waals surface area contributed by atoms with Crippen molar-refractivity contribution in [1.82, 2.24) is 5.32 Å². The van der Waals surface area contributed by atoms with Gasteiger partial charge in [-0.25, -0.2) is 8.42 Å². The molecule has 13 heteroatoms. The van der Waals surface area contributed by atoms with Crippen LogP contribution in [0.25, 0.3) is 0 Å². The summed E-state index contributed by atoms with van der Waals surface area (Å²) in [5, 5.41) is 13.7. The lowest BCUT2D eigenvalue weighted by molar-refractivity contribution is -0.385. The molecular formula is C17H18ClN5O6S. The molecule has 0 fully saturated rings. The summed E-state index contributed by atoms with van der Waals surface area (Å²) in [6.45, 7) is -0.827. The summed E-state index contributed by atoms with van der Waals surface area (Å²) in [4.78, 5) is 34.3. The van der Waals surface area contributed by atoms with E-state index < -0.39 is 33.3 Å². The number of anilines is 2. The van der Waals surface area contributed by atoms with Crippen LogP contribution in [0.4, 0.5) is 17.1 Å². The molecule has 2 aromatic carbocycles. The number of rotatable bonds is 8. The Morgan fingerprint density at radius 1 is 1.23 bits per heavy atom. The molecule has 0 spiro atoms. The van der Waals surface area contributed by atoms with Crippen LogP contribution >= 0.6 is 11.6 Å². The number of benzene rings is 2. The third kappa shape index (κ3) is 5.81. The molecule has 0 bridgehead atoms. The van der Waals surface area contributed by atoms with Gasteiger partial charge in [-0.05, 0) is 30.3 Å². The molecule has 2 rings (SSSR count). The van der Waals surface area contributed by atoms with E-state index >= 15 is 0 Å². The molecule has 0 unspecified atom stereocenters. The fourth-order valence-electron chi connectivity index (χ4n) is 2.57. The van der Waals surface area contributed by atoms with Crippen molar-refractivity contribution in [2.45, 2.75) is 6.54 Å². The predicted octanol–water partition coefficient (Wildman–Crippen LogP) is 1.01. The van der Waals surface area contributed by atoms with Gasteiger partial charge in [0.1, 0.15) is 6.54 Å². The zero-order valence-electron chi connectivity index (χ0n) is 15.7. The number of amides is 2. The summed E-state index contributed by atoms with van der Waals surface area (Å²) in [6.07, 6.45) is 0.872. The van der Waals surface area contributed by atoms with Crippen LogP contribution in [0.1, 0.15) is 15.9 Å². The first-order valence-corrected chi connectivity index (χ1v) is 10.5. The molecule has 0 atom stereocenters. The second-order valence-electron chi connectivity index (χ2n) is 6.26. The van der Waals surface area contributed by atoms with E-state index in [0.29, 0.717) is 4.31 Å². The lowest BCUT2D eigenvalue weighted by atomic mass is 10.1. The van der Waals surface area contributed by atoms with Crippen LogP contribution in [0.3, 0.4) is 0 Å². The molecule has 160 valence electrons. The Labute approximate surface area is 176 Å². The number of nitro benzene ring substituents is 1. The minimum atomic E-state index is -3.89. The molecule has 0 aliphatic carbocycles. The molecule has 2 aromatic rings. The van der Waals surface area contributed by atoms with Gasteiger partial charge in [0, 0.05) is 34.4 Å².